The van der Waals surface area contributed by atoms with E-state index >= 15 is 0 Å². The van der Waals surface area contributed by atoms with Crippen molar-refractivity contribution in [3.63, 3.8) is 0 Å². The molecule has 1 aliphatic heterocycles. The maximum Gasteiger partial charge on any atom is 0.237 e. The molecule has 1 aromatic rings. The van der Waals surface area contributed by atoms with Crippen LogP contribution in [0.5, 0.6) is 0 Å². The van der Waals surface area contributed by atoms with Crippen molar-refractivity contribution in [1.29, 1.82) is 0 Å². The molecule has 1 saturated heterocycles. The fraction of sp³-hybridized carbons (Fsp3) is 0.562. The van der Waals surface area contributed by atoms with Gasteiger partial charge in [0.05, 0.1) is 6.04 Å². The van der Waals surface area contributed by atoms with Crippen LogP contribution in [0.25, 0.3) is 0 Å². The van der Waals surface area contributed by atoms with Gasteiger partial charge in [0.15, 0.2) is 0 Å². The molecule has 0 saturated carbocycles. The highest BCUT2D eigenvalue weighted by Crippen LogP contribution is 2.14. The van der Waals surface area contributed by atoms with Crippen molar-refractivity contribution in [1.82, 2.24) is 10.2 Å². The highest BCUT2D eigenvalue weighted by molar-refractivity contribution is 5.85. The van der Waals surface area contributed by atoms with Crippen LogP contribution in [-0.2, 0) is 11.2 Å². The Morgan fingerprint density at radius 2 is 2.05 bits per heavy atom. The van der Waals surface area contributed by atoms with Crippen molar-refractivity contribution in [3.8, 4) is 0 Å². The summed E-state index contributed by atoms with van der Waals surface area (Å²) in [7, 11) is 0. The van der Waals surface area contributed by atoms with Gasteiger partial charge >= 0.3 is 0 Å². The van der Waals surface area contributed by atoms with Gasteiger partial charge in [0.2, 0.25) is 5.91 Å². The molecule has 0 aromatic heterocycles. The molecule has 1 fully saturated rings. The number of carbonyl (C=O) groups excluding carboxylic acids is 1. The molecule has 126 valence electrons. The maximum absolute atomic E-state index is 12.0. The fourth-order valence-corrected chi connectivity index (χ4v) is 2.70. The normalized spacial score (nSPS) is 18.9. The summed E-state index contributed by atoms with van der Waals surface area (Å²) in [5, 5.41) is 3.00. The SMILES string of the molecule is CCN1CCC(CNC(=O)C(N)Cc2ccccc2)C1.Cl.Cl. The molecule has 0 aliphatic carbocycles. The first kappa shape index (κ1) is 21.2. The van der Waals surface area contributed by atoms with Crippen LogP contribution in [0.15, 0.2) is 30.3 Å². The van der Waals surface area contributed by atoms with Crippen LogP contribution in [0, 0.1) is 5.92 Å². The smallest absolute Gasteiger partial charge is 0.237 e. The van der Waals surface area contributed by atoms with E-state index in [-0.39, 0.29) is 30.7 Å². The van der Waals surface area contributed by atoms with Crippen LogP contribution in [0.3, 0.4) is 0 Å². The predicted molar refractivity (Wildman–Crippen MR) is 95.8 cm³/mol. The highest BCUT2D eigenvalue weighted by Gasteiger charge is 2.22. The van der Waals surface area contributed by atoms with Gasteiger partial charge in [-0.3, -0.25) is 4.79 Å². The van der Waals surface area contributed by atoms with E-state index in [1.807, 2.05) is 30.3 Å². The number of likely N-dealkylation sites (tertiary alicyclic amines) is 1. The number of nitrogens with one attached hydrogen (secondary N) is 1. The Kier molecular flexibility index (Phi) is 10.4. The van der Waals surface area contributed by atoms with Crippen molar-refractivity contribution in [3.05, 3.63) is 35.9 Å². The first-order valence-electron chi connectivity index (χ1n) is 7.48. The monoisotopic (exact) mass is 347 g/mol. The minimum Gasteiger partial charge on any atom is -0.354 e. The zero-order valence-corrected chi connectivity index (χ0v) is 14.7. The summed E-state index contributed by atoms with van der Waals surface area (Å²) in [5.74, 6) is 0.534. The Morgan fingerprint density at radius 3 is 2.64 bits per heavy atom. The van der Waals surface area contributed by atoms with Crippen LogP contribution in [0.1, 0.15) is 18.9 Å². The lowest BCUT2D eigenvalue weighted by Crippen LogP contribution is -2.43. The second-order valence-electron chi connectivity index (χ2n) is 5.59. The fourth-order valence-electron chi connectivity index (χ4n) is 2.70. The van der Waals surface area contributed by atoms with E-state index in [0.717, 1.165) is 31.7 Å². The molecule has 6 heteroatoms. The topological polar surface area (TPSA) is 58.4 Å². The van der Waals surface area contributed by atoms with Gasteiger partial charge < -0.3 is 16.0 Å². The lowest BCUT2D eigenvalue weighted by atomic mass is 10.1. The van der Waals surface area contributed by atoms with Crippen molar-refractivity contribution < 1.29 is 4.79 Å². The van der Waals surface area contributed by atoms with Gasteiger partial charge in [-0.2, -0.15) is 0 Å². The molecule has 22 heavy (non-hydrogen) atoms. The van der Waals surface area contributed by atoms with E-state index < -0.39 is 6.04 Å². The minimum absolute atomic E-state index is 0. The molecule has 2 rings (SSSR count). The molecule has 4 nitrogen and oxygen atoms in total. The number of benzene rings is 1. The molecule has 3 N–H and O–H groups in total. The van der Waals surface area contributed by atoms with Gasteiger partial charge in [-0.15, -0.1) is 24.8 Å². The van der Waals surface area contributed by atoms with Crippen LogP contribution in [0.4, 0.5) is 0 Å². The van der Waals surface area contributed by atoms with E-state index in [9.17, 15) is 4.79 Å². The van der Waals surface area contributed by atoms with Gasteiger partial charge in [0.25, 0.3) is 0 Å². The Labute approximate surface area is 145 Å². The molecule has 2 atom stereocenters. The summed E-state index contributed by atoms with van der Waals surface area (Å²) >= 11 is 0. The summed E-state index contributed by atoms with van der Waals surface area (Å²) in [6.07, 6.45) is 1.76. The molecule has 1 heterocycles. The largest absolute Gasteiger partial charge is 0.354 e. The number of hydrogen-bond acceptors (Lipinski definition) is 3. The Balaban J connectivity index is 0.00000220. The van der Waals surface area contributed by atoms with E-state index in [4.69, 9.17) is 5.73 Å². The van der Waals surface area contributed by atoms with E-state index in [1.54, 1.807) is 0 Å². The van der Waals surface area contributed by atoms with Crippen LogP contribution in [-0.4, -0.2) is 43.0 Å². The average molecular weight is 348 g/mol. The lowest BCUT2D eigenvalue weighted by Gasteiger charge is -2.16. The number of nitrogens with zero attached hydrogens (tertiary/aromatic N) is 1. The summed E-state index contributed by atoms with van der Waals surface area (Å²) < 4.78 is 0. The Hall–Kier alpha value is -0.810. The maximum atomic E-state index is 12.0. The van der Waals surface area contributed by atoms with E-state index in [0.29, 0.717) is 12.3 Å². The van der Waals surface area contributed by atoms with Gasteiger partial charge in [-0.25, -0.2) is 0 Å². The minimum atomic E-state index is -0.457. The van der Waals surface area contributed by atoms with Crippen molar-refractivity contribution in [2.45, 2.75) is 25.8 Å². The van der Waals surface area contributed by atoms with Gasteiger partial charge in [0.1, 0.15) is 0 Å². The molecule has 1 aliphatic rings. The van der Waals surface area contributed by atoms with Crippen molar-refractivity contribution in [2.24, 2.45) is 11.7 Å². The second-order valence-corrected chi connectivity index (χ2v) is 5.59. The highest BCUT2D eigenvalue weighted by atomic mass is 35.5. The number of hydrogen-bond donors (Lipinski definition) is 2. The third-order valence-electron chi connectivity index (χ3n) is 4.02. The molecule has 0 spiro atoms. The number of nitrogens with two attached hydrogens (primary N) is 1. The first-order valence-corrected chi connectivity index (χ1v) is 7.48. The zero-order valence-electron chi connectivity index (χ0n) is 13.0. The Morgan fingerprint density at radius 1 is 1.36 bits per heavy atom. The molecule has 1 amide bonds. The van der Waals surface area contributed by atoms with Crippen molar-refractivity contribution in [2.75, 3.05) is 26.2 Å². The van der Waals surface area contributed by atoms with Crippen LogP contribution in [0.2, 0.25) is 0 Å². The van der Waals surface area contributed by atoms with Crippen molar-refractivity contribution >= 4 is 30.7 Å². The summed E-state index contributed by atoms with van der Waals surface area (Å²) in [6.45, 7) is 6.25. The van der Waals surface area contributed by atoms with Gasteiger partial charge in [0, 0.05) is 13.1 Å². The first-order chi connectivity index (χ1) is 9.69. The molecule has 2 unspecified atom stereocenters. The van der Waals surface area contributed by atoms with Gasteiger partial charge in [-0.1, -0.05) is 37.3 Å². The Bertz CT molecular complexity index is 431. The number of halogens is 2. The lowest BCUT2D eigenvalue weighted by molar-refractivity contribution is -0.122. The van der Waals surface area contributed by atoms with Crippen LogP contribution < -0.4 is 11.1 Å². The third-order valence-corrected chi connectivity index (χ3v) is 4.02. The third kappa shape index (κ3) is 6.53. The quantitative estimate of drug-likeness (QED) is 0.825. The zero-order chi connectivity index (χ0) is 14.4. The molecule has 0 radical (unpaired) electrons. The predicted octanol–water partition coefficient (Wildman–Crippen LogP) is 1.86. The molecular weight excluding hydrogens is 321 g/mol. The molecule has 1 aromatic carbocycles. The summed E-state index contributed by atoms with van der Waals surface area (Å²) in [4.78, 5) is 14.4. The summed E-state index contributed by atoms with van der Waals surface area (Å²) in [6, 6.07) is 9.46. The number of carbonyl (C=O) groups is 1. The average Bonchev–Trinajstić information content (AvgIpc) is 2.93. The molecule has 0 bridgehead atoms. The summed E-state index contributed by atoms with van der Waals surface area (Å²) in [5.41, 5.74) is 7.07. The van der Waals surface area contributed by atoms with Gasteiger partial charge in [-0.05, 0) is 37.4 Å². The van der Waals surface area contributed by atoms with E-state index in [2.05, 4.69) is 17.1 Å². The van der Waals surface area contributed by atoms with E-state index in [1.165, 1.54) is 6.42 Å². The number of amides is 1. The number of rotatable bonds is 6. The molecular formula is C16H27Cl2N3O. The standard InChI is InChI=1S/C16H25N3O.2ClH/c1-2-19-9-8-14(12-19)11-18-16(20)15(17)10-13-6-4-3-5-7-13;;/h3-7,14-15H,2,8-12,17H2,1H3,(H,18,20);2*1H. The van der Waals surface area contributed by atoms with Crippen LogP contribution >= 0.6 is 24.8 Å². The second kappa shape index (κ2) is 10.8.